The van der Waals surface area contributed by atoms with Crippen LogP contribution in [0.25, 0.3) is 10.8 Å². The van der Waals surface area contributed by atoms with Gasteiger partial charge in [-0.3, -0.25) is 15.0 Å². The lowest BCUT2D eigenvalue weighted by atomic mass is 9.91. The van der Waals surface area contributed by atoms with Gasteiger partial charge in [-0.15, -0.1) is 13.2 Å². The second-order valence-electron chi connectivity index (χ2n) is 10.4. The van der Waals surface area contributed by atoms with Crippen LogP contribution in [0.15, 0.2) is 116 Å². The zero-order valence-corrected chi connectivity index (χ0v) is 24.4. The van der Waals surface area contributed by atoms with Crippen LogP contribution < -0.4 is 5.32 Å². The van der Waals surface area contributed by atoms with Crippen LogP contribution >= 0.6 is 0 Å². The highest BCUT2D eigenvalue weighted by molar-refractivity contribution is 5.84. The average molecular weight is 627 g/mol. The van der Waals surface area contributed by atoms with E-state index in [0.29, 0.717) is 24.2 Å². The third-order valence-electron chi connectivity index (χ3n) is 7.50. The molecule has 4 rings (SSSR count). The fourth-order valence-electron chi connectivity index (χ4n) is 5.35. The number of carbonyl (C=O) groups is 1. The standard InChI is InChI=1S/C35H32F6N2O2/c1-4-20-43(21-5-2)32(27-11-10-23-8-6-7-9-26(23)22-27)31(33(44)45-3)42-30(24-12-16-28(17-13-24)34(36,37)38)25-14-18-29(19-15-25)35(39,40)41/h4-19,22,30-32,42H,1-2,20-21H2,3H3/t31-,32-/m0/s1. The molecule has 0 aromatic heterocycles. The Morgan fingerprint density at radius 3 is 1.67 bits per heavy atom. The van der Waals surface area contributed by atoms with Crippen molar-refractivity contribution in [2.75, 3.05) is 20.2 Å². The molecule has 0 amide bonds. The Morgan fingerprint density at radius 2 is 1.22 bits per heavy atom. The Balaban J connectivity index is 1.89. The van der Waals surface area contributed by atoms with Gasteiger partial charge < -0.3 is 4.74 Å². The van der Waals surface area contributed by atoms with Crippen molar-refractivity contribution >= 4 is 16.7 Å². The molecule has 0 aliphatic carbocycles. The molecule has 0 radical (unpaired) electrons. The summed E-state index contributed by atoms with van der Waals surface area (Å²) < 4.78 is 85.6. The first-order valence-corrected chi connectivity index (χ1v) is 14.0. The number of benzene rings is 4. The molecule has 0 saturated heterocycles. The van der Waals surface area contributed by atoms with Crippen LogP contribution in [0.5, 0.6) is 0 Å². The maximum absolute atomic E-state index is 13.6. The topological polar surface area (TPSA) is 41.6 Å². The third-order valence-corrected chi connectivity index (χ3v) is 7.50. The Morgan fingerprint density at radius 1 is 0.756 bits per heavy atom. The Hall–Kier alpha value is -4.41. The number of halogens is 6. The predicted octanol–water partition coefficient (Wildman–Crippen LogP) is 8.51. The van der Waals surface area contributed by atoms with Gasteiger partial charge in [0.15, 0.2) is 0 Å². The molecule has 0 heterocycles. The largest absolute Gasteiger partial charge is 0.468 e. The van der Waals surface area contributed by atoms with Crippen molar-refractivity contribution < 1.29 is 35.9 Å². The Kier molecular flexibility index (Phi) is 10.5. The fourth-order valence-corrected chi connectivity index (χ4v) is 5.35. The Bertz CT molecular complexity index is 1550. The average Bonchev–Trinajstić information content (AvgIpc) is 3.02. The smallest absolute Gasteiger partial charge is 0.416 e. The molecule has 0 spiro atoms. The summed E-state index contributed by atoms with van der Waals surface area (Å²) in [5.74, 6) is -0.685. The van der Waals surface area contributed by atoms with Gasteiger partial charge in [-0.2, -0.15) is 26.3 Å². The molecule has 0 aliphatic rings. The highest BCUT2D eigenvalue weighted by Crippen LogP contribution is 2.35. The minimum absolute atomic E-state index is 0.299. The van der Waals surface area contributed by atoms with Gasteiger partial charge in [0.1, 0.15) is 6.04 Å². The number of carbonyl (C=O) groups excluding carboxylic acids is 1. The van der Waals surface area contributed by atoms with E-state index in [1.54, 1.807) is 12.2 Å². The number of hydrogen-bond donors (Lipinski definition) is 1. The number of nitrogens with zero attached hydrogens (tertiary/aromatic N) is 1. The maximum atomic E-state index is 13.6. The van der Waals surface area contributed by atoms with E-state index in [2.05, 4.69) is 18.5 Å². The van der Waals surface area contributed by atoms with E-state index in [1.165, 1.54) is 31.4 Å². The number of esters is 1. The minimum atomic E-state index is -4.60. The first kappa shape index (κ1) is 33.5. The van der Waals surface area contributed by atoms with Gasteiger partial charge in [-0.05, 0) is 57.8 Å². The second kappa shape index (κ2) is 14.1. The molecule has 0 fully saturated rings. The number of nitrogens with one attached hydrogen (secondary N) is 1. The highest BCUT2D eigenvalue weighted by Gasteiger charge is 2.38. The molecule has 45 heavy (non-hydrogen) atoms. The van der Waals surface area contributed by atoms with Gasteiger partial charge in [0.25, 0.3) is 0 Å². The summed E-state index contributed by atoms with van der Waals surface area (Å²) in [5.41, 5.74) is -0.460. The molecule has 0 aliphatic heterocycles. The van der Waals surface area contributed by atoms with E-state index in [9.17, 15) is 31.1 Å². The minimum Gasteiger partial charge on any atom is -0.468 e. The van der Waals surface area contributed by atoms with Crippen LogP contribution in [0.3, 0.4) is 0 Å². The SMILES string of the molecule is C=CCN(CC=C)[C@@H](c1ccc2ccccc2c1)[C@H](NC(c1ccc(C(F)(F)F)cc1)c1ccc(C(F)(F)F)cc1)C(=O)OC. The predicted molar refractivity (Wildman–Crippen MR) is 162 cm³/mol. The number of methoxy groups -OCH3 is 1. The molecule has 4 aromatic rings. The van der Waals surface area contributed by atoms with Crippen LogP contribution in [-0.2, 0) is 21.9 Å². The summed E-state index contributed by atoms with van der Waals surface area (Å²) in [4.78, 5) is 15.5. The summed E-state index contributed by atoms with van der Waals surface area (Å²) in [6.07, 6.45) is -5.87. The van der Waals surface area contributed by atoms with Crippen LogP contribution in [0.2, 0.25) is 0 Å². The van der Waals surface area contributed by atoms with Crippen molar-refractivity contribution in [3.63, 3.8) is 0 Å². The molecule has 0 bridgehead atoms. The molecule has 2 atom stereocenters. The first-order chi connectivity index (χ1) is 21.4. The van der Waals surface area contributed by atoms with Crippen molar-refractivity contribution in [3.8, 4) is 0 Å². The summed E-state index contributed by atoms with van der Waals surface area (Å²) in [7, 11) is 1.21. The molecule has 1 N–H and O–H groups in total. The zero-order chi connectivity index (χ0) is 32.8. The number of ether oxygens (including phenoxy) is 1. The summed E-state index contributed by atoms with van der Waals surface area (Å²) in [5, 5.41) is 5.12. The molecule has 0 unspecified atom stereocenters. The lowest BCUT2D eigenvalue weighted by molar-refractivity contribution is -0.145. The molecular formula is C35H32F6N2O2. The van der Waals surface area contributed by atoms with Crippen molar-refractivity contribution in [1.82, 2.24) is 10.2 Å². The van der Waals surface area contributed by atoms with Gasteiger partial charge in [0.05, 0.1) is 30.3 Å². The zero-order valence-electron chi connectivity index (χ0n) is 24.4. The first-order valence-electron chi connectivity index (χ1n) is 14.0. The maximum Gasteiger partial charge on any atom is 0.416 e. The van der Waals surface area contributed by atoms with Gasteiger partial charge in [-0.1, -0.05) is 72.8 Å². The van der Waals surface area contributed by atoms with E-state index < -0.39 is 47.6 Å². The summed E-state index contributed by atoms with van der Waals surface area (Å²) in [6, 6.07) is 19.0. The fraction of sp³-hybridized carbons (Fsp3) is 0.229. The van der Waals surface area contributed by atoms with Gasteiger partial charge >= 0.3 is 18.3 Å². The summed E-state index contributed by atoms with van der Waals surface area (Å²) in [6.45, 7) is 8.34. The number of fused-ring (bicyclic) bond motifs is 1. The molecular weight excluding hydrogens is 594 g/mol. The van der Waals surface area contributed by atoms with Crippen LogP contribution in [0.1, 0.15) is 39.9 Å². The monoisotopic (exact) mass is 626 g/mol. The van der Waals surface area contributed by atoms with Crippen molar-refractivity contribution in [2.24, 2.45) is 0 Å². The molecule has 4 aromatic carbocycles. The van der Waals surface area contributed by atoms with E-state index >= 15 is 0 Å². The molecule has 0 saturated carbocycles. The van der Waals surface area contributed by atoms with Crippen molar-refractivity contribution in [1.29, 1.82) is 0 Å². The van der Waals surface area contributed by atoms with Crippen LogP contribution in [0.4, 0.5) is 26.3 Å². The van der Waals surface area contributed by atoms with E-state index in [4.69, 9.17) is 4.74 Å². The van der Waals surface area contributed by atoms with Crippen molar-refractivity contribution in [2.45, 2.75) is 30.5 Å². The number of alkyl halides is 6. The second-order valence-corrected chi connectivity index (χ2v) is 10.4. The quantitative estimate of drug-likeness (QED) is 0.0973. The molecule has 10 heteroatoms. The Labute approximate surface area is 257 Å². The van der Waals surface area contributed by atoms with Crippen molar-refractivity contribution in [3.05, 3.63) is 144 Å². The van der Waals surface area contributed by atoms with E-state index in [0.717, 1.165) is 40.6 Å². The molecule has 4 nitrogen and oxygen atoms in total. The molecule has 236 valence electrons. The van der Waals surface area contributed by atoms with Gasteiger partial charge in [0, 0.05) is 13.1 Å². The number of rotatable bonds is 12. The normalized spacial score (nSPS) is 13.5. The number of hydrogen-bond acceptors (Lipinski definition) is 4. The lowest BCUT2D eigenvalue weighted by Gasteiger charge is -2.37. The van der Waals surface area contributed by atoms with E-state index in [-0.39, 0.29) is 0 Å². The van der Waals surface area contributed by atoms with Gasteiger partial charge in [0.2, 0.25) is 0 Å². The summed E-state index contributed by atoms with van der Waals surface area (Å²) >= 11 is 0. The third kappa shape index (κ3) is 8.01. The van der Waals surface area contributed by atoms with Crippen LogP contribution in [0, 0.1) is 0 Å². The highest BCUT2D eigenvalue weighted by atomic mass is 19.4. The van der Waals surface area contributed by atoms with Gasteiger partial charge in [-0.25, -0.2) is 0 Å². The lowest BCUT2D eigenvalue weighted by Crippen LogP contribution is -2.50. The van der Waals surface area contributed by atoms with E-state index in [1.807, 2.05) is 47.4 Å². The van der Waals surface area contributed by atoms with Crippen LogP contribution in [-0.4, -0.2) is 37.1 Å².